The van der Waals surface area contributed by atoms with E-state index in [2.05, 4.69) is 149 Å². The molecule has 8 aromatic rings. The SMILES string of the molecule is Cc1cnc(-n2c3[c-]c(Oc4[c-]c(-c5cc(-c6ccc(C7CCC(C)(C)CC7)cc6C)c(C)cn5)ccc4)ccc3c3cc(-c4ccccc4)ccc32)cc1C.[Pt+2]. The zero-order chi connectivity index (χ0) is 38.6. The van der Waals surface area contributed by atoms with E-state index in [1.165, 1.54) is 64.6 Å². The minimum Gasteiger partial charge on any atom is -0.503 e. The number of aryl methyl sites for hydroxylation is 4. The Labute approximate surface area is 351 Å². The molecule has 0 aliphatic heterocycles. The summed E-state index contributed by atoms with van der Waals surface area (Å²) in [5.41, 5.74) is 15.3. The Morgan fingerprint density at radius 1 is 0.632 bits per heavy atom. The van der Waals surface area contributed by atoms with Crippen LogP contribution in [0.2, 0.25) is 0 Å². The number of ether oxygens (including phenoxy) is 1. The number of hydrogen-bond donors (Lipinski definition) is 0. The molecule has 4 nitrogen and oxygen atoms in total. The van der Waals surface area contributed by atoms with E-state index in [-0.39, 0.29) is 21.1 Å². The van der Waals surface area contributed by atoms with Crippen molar-refractivity contribution in [2.75, 3.05) is 0 Å². The van der Waals surface area contributed by atoms with Crippen molar-refractivity contribution >= 4 is 21.8 Å². The molecule has 0 atom stereocenters. The number of fused-ring (bicyclic) bond motifs is 3. The maximum atomic E-state index is 6.54. The molecule has 0 bridgehead atoms. The van der Waals surface area contributed by atoms with Crippen LogP contribution in [0.5, 0.6) is 11.5 Å². The van der Waals surface area contributed by atoms with Gasteiger partial charge in [0.15, 0.2) is 0 Å². The van der Waals surface area contributed by atoms with Crippen LogP contribution in [0.1, 0.15) is 73.3 Å². The van der Waals surface area contributed by atoms with E-state index < -0.39 is 0 Å². The Morgan fingerprint density at radius 2 is 1.40 bits per heavy atom. The maximum Gasteiger partial charge on any atom is 2.00 e. The number of nitrogens with zero attached hydrogens (tertiary/aromatic N) is 3. The molecule has 1 saturated carbocycles. The van der Waals surface area contributed by atoms with Gasteiger partial charge in [0.05, 0.1) is 0 Å². The molecule has 0 amide bonds. The van der Waals surface area contributed by atoms with Gasteiger partial charge in [-0.2, -0.15) is 6.07 Å². The third kappa shape index (κ3) is 7.61. The molecule has 0 radical (unpaired) electrons. The van der Waals surface area contributed by atoms with E-state index in [0.717, 1.165) is 50.0 Å². The predicted octanol–water partition coefficient (Wildman–Crippen LogP) is 13.9. The number of aromatic nitrogens is 3. The summed E-state index contributed by atoms with van der Waals surface area (Å²) in [6.07, 6.45) is 9.05. The molecule has 3 heterocycles. The molecule has 0 spiro atoms. The van der Waals surface area contributed by atoms with Gasteiger partial charge in [0, 0.05) is 29.4 Å². The summed E-state index contributed by atoms with van der Waals surface area (Å²) in [6, 6.07) is 45.9. The first-order valence-corrected chi connectivity index (χ1v) is 19.9. The van der Waals surface area contributed by atoms with Crippen molar-refractivity contribution in [3.8, 4) is 50.8 Å². The molecule has 1 aliphatic carbocycles. The molecular formula is C52H47N3OPt. The summed E-state index contributed by atoms with van der Waals surface area (Å²) in [5.74, 6) is 2.72. The fraction of sp³-hybridized carbons (Fsp3) is 0.231. The van der Waals surface area contributed by atoms with Crippen LogP contribution in [0.25, 0.3) is 61.1 Å². The largest absolute Gasteiger partial charge is 2.00 e. The molecule has 5 aromatic carbocycles. The molecule has 0 N–H and O–H groups in total. The van der Waals surface area contributed by atoms with Crippen LogP contribution in [0.15, 0.2) is 122 Å². The Bertz CT molecular complexity index is 2750. The molecule has 1 aliphatic rings. The van der Waals surface area contributed by atoms with Gasteiger partial charge in [0.2, 0.25) is 0 Å². The summed E-state index contributed by atoms with van der Waals surface area (Å²) in [5, 5.41) is 2.23. The Hall–Kier alpha value is -5.31. The van der Waals surface area contributed by atoms with Gasteiger partial charge >= 0.3 is 21.1 Å². The molecule has 5 heteroatoms. The smallest absolute Gasteiger partial charge is 0.503 e. The van der Waals surface area contributed by atoms with Gasteiger partial charge in [-0.25, -0.2) is 4.98 Å². The minimum atomic E-state index is 0. The standard InChI is InChI=1S/C52H47N3O.Pt/c1-33-26-51(54-31-35(33)3)55-49-20-16-40(37-11-8-7-9-12-37)28-47(49)45-19-17-43(29-50(45)55)56-42-14-10-13-41(27-42)48-30-46(36(4)32-53-48)44-18-15-39(25-34(44)2)38-21-23-52(5,6)24-22-38;/h7-20,25-26,28,30-32,38H,21-24H2,1-6H3;/q-2;+2. The monoisotopic (exact) mass is 924 g/mol. The van der Waals surface area contributed by atoms with Crippen LogP contribution >= 0.6 is 0 Å². The number of pyridine rings is 2. The van der Waals surface area contributed by atoms with Gasteiger partial charge in [-0.05, 0) is 138 Å². The topological polar surface area (TPSA) is 39.9 Å². The van der Waals surface area contributed by atoms with Crippen molar-refractivity contribution in [3.05, 3.63) is 162 Å². The van der Waals surface area contributed by atoms with Gasteiger partial charge in [-0.15, -0.1) is 41.3 Å². The van der Waals surface area contributed by atoms with Crippen molar-refractivity contribution in [2.45, 2.75) is 73.1 Å². The second-order valence-electron chi connectivity index (χ2n) is 16.6. The van der Waals surface area contributed by atoms with E-state index >= 15 is 0 Å². The predicted molar refractivity (Wildman–Crippen MR) is 231 cm³/mol. The average molecular weight is 925 g/mol. The van der Waals surface area contributed by atoms with Crippen molar-refractivity contribution in [3.63, 3.8) is 0 Å². The van der Waals surface area contributed by atoms with Gasteiger partial charge in [-0.1, -0.05) is 92.2 Å². The van der Waals surface area contributed by atoms with Gasteiger partial charge < -0.3 is 14.3 Å². The molecule has 0 saturated heterocycles. The quantitative estimate of drug-likeness (QED) is 0.150. The minimum absolute atomic E-state index is 0. The van der Waals surface area contributed by atoms with Crippen molar-refractivity contribution < 1.29 is 25.8 Å². The van der Waals surface area contributed by atoms with Gasteiger partial charge in [-0.3, -0.25) is 0 Å². The number of hydrogen-bond acceptors (Lipinski definition) is 3. The first-order chi connectivity index (χ1) is 27.1. The molecule has 3 aromatic heterocycles. The summed E-state index contributed by atoms with van der Waals surface area (Å²) < 4.78 is 8.74. The number of benzene rings is 5. The zero-order valence-electron chi connectivity index (χ0n) is 33.5. The van der Waals surface area contributed by atoms with E-state index in [1.54, 1.807) is 0 Å². The van der Waals surface area contributed by atoms with Gasteiger partial charge in [0.25, 0.3) is 0 Å². The normalized spacial score (nSPS) is 14.1. The molecular weight excluding hydrogens is 878 g/mol. The first kappa shape index (κ1) is 38.6. The van der Waals surface area contributed by atoms with E-state index in [4.69, 9.17) is 14.7 Å². The average Bonchev–Trinajstić information content (AvgIpc) is 3.52. The van der Waals surface area contributed by atoms with E-state index in [0.29, 0.717) is 22.8 Å². The van der Waals surface area contributed by atoms with Crippen molar-refractivity contribution in [1.82, 2.24) is 14.5 Å². The Kier molecular flexibility index (Phi) is 10.5. The Morgan fingerprint density at radius 3 is 2.18 bits per heavy atom. The summed E-state index contributed by atoms with van der Waals surface area (Å²) in [6.45, 7) is 13.4. The van der Waals surface area contributed by atoms with E-state index in [9.17, 15) is 0 Å². The summed E-state index contributed by atoms with van der Waals surface area (Å²) in [4.78, 5) is 9.75. The van der Waals surface area contributed by atoms with Crippen molar-refractivity contribution in [2.24, 2.45) is 5.41 Å². The third-order valence-electron chi connectivity index (χ3n) is 12.1. The molecule has 9 rings (SSSR count). The number of rotatable bonds is 7. The zero-order valence-corrected chi connectivity index (χ0v) is 35.8. The molecule has 57 heavy (non-hydrogen) atoms. The maximum absolute atomic E-state index is 6.54. The fourth-order valence-corrected chi connectivity index (χ4v) is 8.48. The van der Waals surface area contributed by atoms with Crippen LogP contribution in [-0.2, 0) is 21.1 Å². The fourth-order valence-electron chi connectivity index (χ4n) is 8.48. The third-order valence-corrected chi connectivity index (χ3v) is 12.1. The van der Waals surface area contributed by atoms with Crippen LogP contribution < -0.4 is 4.74 Å². The van der Waals surface area contributed by atoms with Crippen LogP contribution in [0.3, 0.4) is 0 Å². The van der Waals surface area contributed by atoms with Crippen LogP contribution in [-0.4, -0.2) is 14.5 Å². The van der Waals surface area contributed by atoms with Gasteiger partial charge in [0.1, 0.15) is 5.82 Å². The summed E-state index contributed by atoms with van der Waals surface area (Å²) in [7, 11) is 0. The first-order valence-electron chi connectivity index (χ1n) is 19.9. The van der Waals surface area contributed by atoms with Crippen molar-refractivity contribution in [1.29, 1.82) is 0 Å². The summed E-state index contributed by atoms with van der Waals surface area (Å²) >= 11 is 0. The molecule has 286 valence electrons. The second-order valence-corrected chi connectivity index (χ2v) is 16.6. The Balaban J connectivity index is 0.00000455. The second kappa shape index (κ2) is 15.6. The van der Waals surface area contributed by atoms with Crippen LogP contribution in [0, 0.1) is 45.2 Å². The van der Waals surface area contributed by atoms with E-state index in [1.807, 2.05) is 30.6 Å². The molecule has 0 unspecified atom stereocenters. The van der Waals surface area contributed by atoms with Crippen LogP contribution in [0.4, 0.5) is 0 Å². The molecule has 1 fully saturated rings.